The Morgan fingerprint density at radius 2 is 1.95 bits per heavy atom. The highest BCUT2D eigenvalue weighted by molar-refractivity contribution is 7.81. The maximum atomic E-state index is 12.4. The van der Waals surface area contributed by atoms with Gasteiger partial charge in [-0.25, -0.2) is 0 Å². The van der Waals surface area contributed by atoms with Crippen molar-refractivity contribution in [3.8, 4) is 0 Å². The van der Waals surface area contributed by atoms with Gasteiger partial charge in [0.05, 0.1) is 11.3 Å². The number of nitrogens with zero attached hydrogens (tertiary/aromatic N) is 1. The second kappa shape index (κ2) is 6.95. The van der Waals surface area contributed by atoms with E-state index in [1.54, 1.807) is 16.2 Å². The van der Waals surface area contributed by atoms with Crippen molar-refractivity contribution in [2.75, 3.05) is 7.05 Å². The van der Waals surface area contributed by atoms with Gasteiger partial charge >= 0.3 is 0 Å². The second-order valence-electron chi connectivity index (χ2n) is 4.85. The van der Waals surface area contributed by atoms with E-state index in [9.17, 15) is 4.79 Å². The highest BCUT2D eigenvalue weighted by atomic mass is 32.1. The van der Waals surface area contributed by atoms with Crippen LogP contribution in [0.1, 0.15) is 23.4 Å². The minimum atomic E-state index is -0.301. The Morgan fingerprint density at radius 3 is 2.55 bits per heavy atom. The van der Waals surface area contributed by atoms with E-state index in [1.165, 1.54) is 4.88 Å². The highest BCUT2D eigenvalue weighted by Gasteiger charge is 2.23. The third kappa shape index (κ3) is 3.64. The molecule has 4 heteroatoms. The molecule has 0 N–H and O–H groups in total. The molecule has 0 fully saturated rings. The normalized spacial score (nSPS) is 13.8. The van der Waals surface area contributed by atoms with Gasteiger partial charge in [0.15, 0.2) is 0 Å². The van der Waals surface area contributed by atoms with Crippen LogP contribution in [-0.2, 0) is 11.2 Å². The van der Waals surface area contributed by atoms with Crippen molar-refractivity contribution in [1.82, 2.24) is 4.90 Å². The van der Waals surface area contributed by atoms with Gasteiger partial charge in [0, 0.05) is 11.9 Å². The SMILES string of the molecule is CC(c1cccs1)N(C)C(=O)C(S)Cc1ccccc1. The molecule has 0 aliphatic heterocycles. The highest BCUT2D eigenvalue weighted by Crippen LogP contribution is 2.25. The number of rotatable bonds is 5. The largest absolute Gasteiger partial charge is 0.337 e. The molecule has 2 rings (SSSR count). The molecule has 0 aliphatic carbocycles. The smallest absolute Gasteiger partial charge is 0.236 e. The molecular formula is C16H19NOS2. The summed E-state index contributed by atoms with van der Waals surface area (Å²) in [6.07, 6.45) is 0.657. The molecule has 2 atom stereocenters. The first-order chi connectivity index (χ1) is 9.59. The lowest BCUT2D eigenvalue weighted by Gasteiger charge is -2.26. The van der Waals surface area contributed by atoms with Crippen molar-refractivity contribution >= 4 is 29.9 Å². The van der Waals surface area contributed by atoms with Crippen LogP contribution >= 0.6 is 24.0 Å². The summed E-state index contributed by atoms with van der Waals surface area (Å²) in [5, 5.41) is 1.73. The first-order valence-corrected chi connectivity index (χ1v) is 8.01. The quantitative estimate of drug-likeness (QED) is 0.833. The van der Waals surface area contributed by atoms with E-state index in [1.807, 2.05) is 55.7 Å². The number of carbonyl (C=O) groups is 1. The number of hydrogen-bond donors (Lipinski definition) is 1. The van der Waals surface area contributed by atoms with Crippen LogP contribution in [0, 0.1) is 0 Å². The lowest BCUT2D eigenvalue weighted by Crippen LogP contribution is -2.36. The molecule has 1 heterocycles. The van der Waals surface area contributed by atoms with Gasteiger partial charge in [-0.15, -0.1) is 11.3 Å². The minimum Gasteiger partial charge on any atom is -0.337 e. The molecule has 1 aromatic heterocycles. The van der Waals surface area contributed by atoms with E-state index < -0.39 is 0 Å². The summed E-state index contributed by atoms with van der Waals surface area (Å²) in [5.74, 6) is 0.0677. The predicted octanol–water partition coefficient (Wildman–Crippen LogP) is 3.81. The summed E-state index contributed by atoms with van der Waals surface area (Å²) in [6.45, 7) is 2.05. The van der Waals surface area contributed by atoms with Crippen LogP contribution < -0.4 is 0 Å². The topological polar surface area (TPSA) is 20.3 Å². The van der Waals surface area contributed by atoms with Crippen LogP contribution in [0.25, 0.3) is 0 Å². The van der Waals surface area contributed by atoms with Crippen molar-refractivity contribution in [3.63, 3.8) is 0 Å². The fourth-order valence-corrected chi connectivity index (χ4v) is 3.29. The maximum Gasteiger partial charge on any atom is 0.236 e. The van der Waals surface area contributed by atoms with Crippen molar-refractivity contribution < 1.29 is 4.79 Å². The Balaban J connectivity index is 1.99. The monoisotopic (exact) mass is 305 g/mol. The summed E-state index contributed by atoms with van der Waals surface area (Å²) in [5.41, 5.74) is 1.14. The van der Waals surface area contributed by atoms with Crippen LogP contribution in [-0.4, -0.2) is 23.1 Å². The van der Waals surface area contributed by atoms with Gasteiger partial charge in [-0.2, -0.15) is 12.6 Å². The van der Waals surface area contributed by atoms with Crippen LogP contribution in [0.15, 0.2) is 47.8 Å². The van der Waals surface area contributed by atoms with Crippen molar-refractivity contribution in [3.05, 3.63) is 58.3 Å². The van der Waals surface area contributed by atoms with E-state index in [4.69, 9.17) is 0 Å². The van der Waals surface area contributed by atoms with Gasteiger partial charge in [-0.1, -0.05) is 36.4 Å². The average molecular weight is 305 g/mol. The molecule has 106 valence electrons. The van der Waals surface area contributed by atoms with E-state index in [-0.39, 0.29) is 17.2 Å². The van der Waals surface area contributed by atoms with Crippen LogP contribution in [0.3, 0.4) is 0 Å². The van der Waals surface area contributed by atoms with Gasteiger partial charge in [-0.05, 0) is 30.4 Å². The molecule has 2 aromatic rings. The molecule has 0 bridgehead atoms. The Morgan fingerprint density at radius 1 is 1.25 bits per heavy atom. The zero-order valence-electron chi connectivity index (χ0n) is 11.7. The Kier molecular flexibility index (Phi) is 5.26. The number of benzene rings is 1. The lowest BCUT2D eigenvalue weighted by molar-refractivity contribution is -0.131. The zero-order valence-corrected chi connectivity index (χ0v) is 13.4. The number of amides is 1. The second-order valence-corrected chi connectivity index (χ2v) is 6.45. The summed E-state index contributed by atoms with van der Waals surface area (Å²) < 4.78 is 0. The third-order valence-corrected chi connectivity index (χ3v) is 4.89. The van der Waals surface area contributed by atoms with E-state index in [0.29, 0.717) is 6.42 Å². The summed E-state index contributed by atoms with van der Waals surface area (Å²) in [4.78, 5) is 15.4. The van der Waals surface area contributed by atoms with E-state index in [0.717, 1.165) is 5.56 Å². The summed E-state index contributed by atoms with van der Waals surface area (Å²) in [7, 11) is 1.85. The van der Waals surface area contributed by atoms with E-state index >= 15 is 0 Å². The summed E-state index contributed by atoms with van der Waals surface area (Å²) in [6, 6.07) is 14.2. The fraction of sp³-hybridized carbons (Fsp3) is 0.312. The molecular weight excluding hydrogens is 286 g/mol. The Hall–Kier alpha value is -1.26. The molecule has 20 heavy (non-hydrogen) atoms. The molecule has 2 unspecified atom stereocenters. The predicted molar refractivity (Wildman–Crippen MR) is 88.4 cm³/mol. The van der Waals surface area contributed by atoms with E-state index in [2.05, 4.69) is 18.7 Å². The molecule has 0 saturated heterocycles. The van der Waals surface area contributed by atoms with Gasteiger partial charge in [-0.3, -0.25) is 4.79 Å². The molecule has 1 aromatic carbocycles. The Bertz CT molecular complexity index is 539. The number of carbonyl (C=O) groups excluding carboxylic acids is 1. The van der Waals surface area contributed by atoms with Gasteiger partial charge in [0.2, 0.25) is 5.91 Å². The zero-order chi connectivity index (χ0) is 14.5. The standard InChI is InChI=1S/C16H19NOS2/c1-12(15-9-6-10-20-15)17(2)16(18)14(19)11-13-7-4-3-5-8-13/h3-10,12,14,19H,11H2,1-2H3. The number of hydrogen-bond acceptors (Lipinski definition) is 3. The van der Waals surface area contributed by atoms with Gasteiger partial charge < -0.3 is 4.90 Å². The molecule has 1 amide bonds. The van der Waals surface area contributed by atoms with Crippen molar-refractivity contribution in [2.45, 2.75) is 24.6 Å². The molecule has 0 radical (unpaired) electrons. The molecule has 2 nitrogen and oxygen atoms in total. The fourth-order valence-electron chi connectivity index (χ4n) is 2.07. The van der Waals surface area contributed by atoms with Crippen LogP contribution in [0.5, 0.6) is 0 Å². The van der Waals surface area contributed by atoms with Gasteiger partial charge in [0.25, 0.3) is 0 Å². The van der Waals surface area contributed by atoms with Crippen molar-refractivity contribution in [2.24, 2.45) is 0 Å². The number of thiophene rings is 1. The molecule has 0 spiro atoms. The first-order valence-electron chi connectivity index (χ1n) is 6.61. The van der Waals surface area contributed by atoms with Crippen molar-refractivity contribution in [1.29, 1.82) is 0 Å². The van der Waals surface area contributed by atoms with Crippen LogP contribution in [0.2, 0.25) is 0 Å². The Labute approximate surface area is 129 Å². The number of thiol groups is 1. The molecule has 0 saturated carbocycles. The first kappa shape index (κ1) is 15.1. The average Bonchev–Trinajstić information content (AvgIpc) is 3.00. The summed E-state index contributed by atoms with van der Waals surface area (Å²) >= 11 is 6.15. The van der Waals surface area contributed by atoms with Gasteiger partial charge in [0.1, 0.15) is 0 Å². The maximum absolute atomic E-state index is 12.4. The minimum absolute atomic E-state index is 0.0677. The third-order valence-electron chi connectivity index (χ3n) is 3.44. The molecule has 0 aliphatic rings. The lowest BCUT2D eigenvalue weighted by atomic mass is 10.1. The van der Waals surface area contributed by atoms with Crippen LogP contribution in [0.4, 0.5) is 0 Å².